The number of rotatable bonds is 6. The molecule has 8 rings (SSSR count). The van der Waals surface area contributed by atoms with Gasteiger partial charge in [0.15, 0.2) is 18.4 Å². The van der Waals surface area contributed by atoms with Crippen LogP contribution in [0.4, 0.5) is 0 Å². The van der Waals surface area contributed by atoms with Gasteiger partial charge >= 0.3 is 5.97 Å². The molecule has 4 heterocycles. The maximum Gasteiger partial charge on any atom is 0.338 e. The Bertz CT molecular complexity index is 988. The van der Waals surface area contributed by atoms with E-state index in [1.807, 2.05) is 0 Å². The maximum atomic E-state index is 12.7. The molecule has 0 radical (unpaired) electrons. The van der Waals surface area contributed by atoms with E-state index in [-0.39, 0.29) is 19.4 Å². The Hall–Kier alpha value is -1.67. The number of carbonyl (C=O) groups excluding carboxylic acids is 1. The summed E-state index contributed by atoms with van der Waals surface area (Å²) in [4.78, 5) is 12.7. The van der Waals surface area contributed by atoms with Crippen LogP contribution in [-0.2, 0) is 23.7 Å². The van der Waals surface area contributed by atoms with Gasteiger partial charge in [-0.25, -0.2) is 4.79 Å². The van der Waals surface area contributed by atoms with E-state index >= 15 is 0 Å². The second-order valence-corrected chi connectivity index (χ2v) is 10.2. The lowest BCUT2D eigenvalue weighted by atomic mass is 9.41. The van der Waals surface area contributed by atoms with E-state index in [2.05, 4.69) is 0 Å². The average Bonchev–Trinajstić information content (AvgIpc) is 3.00. The highest BCUT2D eigenvalue weighted by molar-refractivity contribution is 5.89. The van der Waals surface area contributed by atoms with Gasteiger partial charge in [0.25, 0.3) is 0 Å². The van der Waals surface area contributed by atoms with Crippen LogP contribution in [0.15, 0.2) is 30.3 Å². The van der Waals surface area contributed by atoms with E-state index in [4.69, 9.17) is 23.7 Å². The minimum Gasteiger partial charge on any atom is -0.461 e. The van der Waals surface area contributed by atoms with E-state index < -0.39 is 77.9 Å². The van der Waals surface area contributed by atoms with Crippen molar-refractivity contribution in [2.45, 2.75) is 73.8 Å². The molecule has 0 aromatic heterocycles. The third-order valence-electron chi connectivity index (χ3n) is 8.57. The Morgan fingerprint density at radius 2 is 1.85 bits per heavy atom. The Morgan fingerprint density at radius 1 is 1.12 bits per heavy atom. The van der Waals surface area contributed by atoms with E-state index in [1.54, 1.807) is 37.3 Å². The summed E-state index contributed by atoms with van der Waals surface area (Å²) in [5.74, 6) is -2.49. The molecule has 0 spiro atoms. The fraction of sp³-hybridized carbons (Fsp3) is 0.696. The van der Waals surface area contributed by atoms with Crippen molar-refractivity contribution in [1.82, 2.24) is 0 Å². The first-order valence-corrected chi connectivity index (χ1v) is 11.4. The molecule has 3 saturated carbocycles. The molecule has 6 bridgehead atoms. The highest BCUT2D eigenvalue weighted by Gasteiger charge is 2.94. The van der Waals surface area contributed by atoms with Gasteiger partial charge in [0, 0.05) is 12.3 Å². The zero-order valence-corrected chi connectivity index (χ0v) is 18.4. The van der Waals surface area contributed by atoms with Gasteiger partial charge in [-0.3, -0.25) is 0 Å². The van der Waals surface area contributed by atoms with Gasteiger partial charge in [0.2, 0.25) is 0 Å². The minimum absolute atomic E-state index is 0.0902. The molecule has 1 aromatic rings. The molecule has 1 aromatic carbocycles. The number of ether oxygens (including phenoxy) is 5. The van der Waals surface area contributed by atoms with Gasteiger partial charge in [0.1, 0.15) is 42.2 Å². The number of aliphatic hydroxyl groups excluding tert-OH is 4. The first-order chi connectivity index (χ1) is 16.1. The van der Waals surface area contributed by atoms with Gasteiger partial charge in [-0.1, -0.05) is 18.2 Å². The van der Waals surface area contributed by atoms with Gasteiger partial charge < -0.3 is 49.2 Å². The topological polar surface area (TPSA) is 164 Å². The number of aliphatic hydroxyl groups is 5. The third-order valence-corrected chi connectivity index (χ3v) is 8.57. The van der Waals surface area contributed by atoms with Crippen LogP contribution in [0.5, 0.6) is 0 Å². The molecular formula is C23H28O11. The smallest absolute Gasteiger partial charge is 0.338 e. The molecule has 3 aliphatic carbocycles. The lowest BCUT2D eigenvalue weighted by molar-refractivity contribution is -0.424. The van der Waals surface area contributed by atoms with Crippen LogP contribution in [0, 0.1) is 11.3 Å². The summed E-state index contributed by atoms with van der Waals surface area (Å²) >= 11 is 0. The van der Waals surface area contributed by atoms with Gasteiger partial charge in [-0.2, -0.15) is 0 Å². The first-order valence-electron chi connectivity index (χ1n) is 11.4. The van der Waals surface area contributed by atoms with Gasteiger partial charge in [-0.15, -0.1) is 0 Å². The fourth-order valence-electron chi connectivity index (χ4n) is 6.87. The van der Waals surface area contributed by atoms with Crippen molar-refractivity contribution in [3.8, 4) is 0 Å². The SMILES string of the molecule is C[C@@]12C[C@@]3(O)O[C@H](O1)C1(COC(=O)c4ccccc4)[C@@H]3C[C@@]12OC1OC(CO)C(O)C(O)C1O. The van der Waals surface area contributed by atoms with Crippen LogP contribution >= 0.6 is 0 Å². The zero-order chi connectivity index (χ0) is 24.1. The van der Waals surface area contributed by atoms with Crippen LogP contribution in [0.2, 0.25) is 0 Å². The molecule has 4 saturated heterocycles. The Kier molecular flexibility index (Phi) is 4.81. The highest BCUT2D eigenvalue weighted by Crippen LogP contribution is 2.81. The Morgan fingerprint density at radius 3 is 2.56 bits per heavy atom. The van der Waals surface area contributed by atoms with Crippen molar-refractivity contribution in [3.63, 3.8) is 0 Å². The lowest BCUT2D eigenvalue weighted by Crippen LogP contribution is -2.80. The average molecular weight is 480 g/mol. The molecule has 11 heteroatoms. The summed E-state index contributed by atoms with van der Waals surface area (Å²) in [5.41, 5.74) is -2.99. The number of hydrogen-bond donors (Lipinski definition) is 5. The van der Waals surface area contributed by atoms with Crippen LogP contribution in [0.3, 0.4) is 0 Å². The predicted octanol–water partition coefficient (Wildman–Crippen LogP) is -1.36. The van der Waals surface area contributed by atoms with Crippen molar-refractivity contribution in [3.05, 3.63) is 35.9 Å². The summed E-state index contributed by atoms with van der Waals surface area (Å²) in [6.07, 6.45) is -7.87. The molecule has 5 N–H and O–H groups in total. The summed E-state index contributed by atoms with van der Waals surface area (Å²) < 4.78 is 29.7. The van der Waals surface area contributed by atoms with Crippen molar-refractivity contribution < 1.29 is 54.0 Å². The summed E-state index contributed by atoms with van der Waals surface area (Å²) in [6, 6.07) is 8.47. The third kappa shape index (κ3) is 2.59. The first kappa shape index (κ1) is 22.8. The quantitative estimate of drug-likeness (QED) is 0.306. The van der Waals surface area contributed by atoms with E-state index in [1.165, 1.54) is 0 Å². The van der Waals surface area contributed by atoms with E-state index in [0.717, 1.165) is 0 Å². The molecule has 186 valence electrons. The van der Waals surface area contributed by atoms with Crippen molar-refractivity contribution in [2.24, 2.45) is 11.3 Å². The number of benzene rings is 1. The molecular weight excluding hydrogens is 452 g/mol. The van der Waals surface area contributed by atoms with Gasteiger partial charge in [-0.05, 0) is 25.5 Å². The van der Waals surface area contributed by atoms with Crippen molar-refractivity contribution >= 4 is 5.97 Å². The highest BCUT2D eigenvalue weighted by atomic mass is 16.8. The monoisotopic (exact) mass is 480 g/mol. The molecule has 0 amide bonds. The van der Waals surface area contributed by atoms with Crippen LogP contribution in [0.25, 0.3) is 0 Å². The summed E-state index contributed by atoms with van der Waals surface area (Å²) in [6.45, 7) is 0.985. The molecule has 6 unspecified atom stereocenters. The number of carbonyl (C=O) groups is 1. The Labute approximate surface area is 194 Å². The maximum absolute atomic E-state index is 12.7. The van der Waals surface area contributed by atoms with Crippen molar-refractivity contribution in [2.75, 3.05) is 13.2 Å². The van der Waals surface area contributed by atoms with Crippen LogP contribution < -0.4 is 0 Å². The predicted molar refractivity (Wildman–Crippen MR) is 109 cm³/mol. The fourth-order valence-corrected chi connectivity index (χ4v) is 6.87. The number of hydrogen-bond acceptors (Lipinski definition) is 11. The Balaban J connectivity index is 1.32. The minimum atomic E-state index is -1.61. The van der Waals surface area contributed by atoms with Crippen molar-refractivity contribution in [1.29, 1.82) is 0 Å². The summed E-state index contributed by atoms with van der Waals surface area (Å²) in [7, 11) is 0. The standard InChI is InChI=1S/C23H28O11/c1-20-9-22(29)13-7-23(20,32-18-16(27)15(26)14(25)12(8-24)31-18)21(13,19(33-20)34-22)10-30-17(28)11-5-3-2-4-6-11/h2-6,12-16,18-19,24-27,29H,7-10H2,1H3/t12?,13-,14?,15?,16?,18?,19-,20-,21?,22+,23-/m0/s1. The summed E-state index contributed by atoms with van der Waals surface area (Å²) in [5, 5.41) is 51.7. The second kappa shape index (κ2) is 7.19. The second-order valence-electron chi connectivity index (χ2n) is 10.2. The normalized spacial score (nSPS) is 52.5. The molecule has 7 fully saturated rings. The van der Waals surface area contributed by atoms with E-state index in [9.17, 15) is 30.3 Å². The lowest BCUT2D eigenvalue weighted by Gasteiger charge is -2.67. The molecule has 11 nitrogen and oxygen atoms in total. The molecule has 34 heavy (non-hydrogen) atoms. The molecule has 7 aliphatic rings. The van der Waals surface area contributed by atoms with Crippen LogP contribution in [-0.4, -0.2) is 98.7 Å². The molecule has 4 aliphatic heterocycles. The zero-order valence-electron chi connectivity index (χ0n) is 18.4. The van der Waals surface area contributed by atoms with E-state index in [0.29, 0.717) is 5.56 Å². The number of esters is 1. The van der Waals surface area contributed by atoms with Crippen LogP contribution in [0.1, 0.15) is 30.1 Å². The largest absolute Gasteiger partial charge is 0.461 e. The van der Waals surface area contributed by atoms with Gasteiger partial charge in [0.05, 0.1) is 17.6 Å². The molecule has 11 atom stereocenters.